The van der Waals surface area contributed by atoms with Gasteiger partial charge in [0.05, 0.1) is 23.1 Å². The Morgan fingerprint density at radius 3 is 2.19 bits per heavy atom. The molecule has 8 heteroatoms. The highest BCUT2D eigenvalue weighted by atomic mass is 16.7. The number of hydrogen-bond donors (Lipinski definition) is 1. The molecule has 2 aromatic carbocycles. The summed E-state index contributed by atoms with van der Waals surface area (Å²) in [6, 6.07) is 16.5. The number of nitrogens with zero attached hydrogens (tertiary/aromatic N) is 2. The molecule has 1 aromatic heterocycles. The highest BCUT2D eigenvalue weighted by Crippen LogP contribution is 2.44. The molecule has 7 nitrogen and oxygen atoms in total. The van der Waals surface area contributed by atoms with E-state index < -0.39 is 24.4 Å². The van der Waals surface area contributed by atoms with Crippen LogP contribution in [0.15, 0.2) is 72.6 Å². The summed E-state index contributed by atoms with van der Waals surface area (Å²) in [4.78, 5) is 21.2. The minimum Gasteiger partial charge on any atom is -0.449 e. The molecule has 0 atom stereocenters. The van der Waals surface area contributed by atoms with Gasteiger partial charge in [0.25, 0.3) is 0 Å². The Labute approximate surface area is 212 Å². The largest absolute Gasteiger partial charge is 0.492 e. The van der Waals surface area contributed by atoms with Crippen LogP contribution < -0.4 is 5.32 Å². The van der Waals surface area contributed by atoms with E-state index in [1.165, 1.54) is 22.3 Å². The van der Waals surface area contributed by atoms with Crippen molar-refractivity contribution in [1.29, 1.82) is 0 Å². The van der Waals surface area contributed by atoms with Crippen molar-refractivity contribution in [1.82, 2.24) is 15.3 Å². The maximum absolute atomic E-state index is 12.8. The molecule has 1 amide bonds. The fraction of sp³-hybridized carbons (Fsp3) is 0.321. The van der Waals surface area contributed by atoms with Gasteiger partial charge in [-0.15, -0.1) is 0 Å². The summed E-state index contributed by atoms with van der Waals surface area (Å²) in [5.74, 6) is 0.000790. The van der Waals surface area contributed by atoms with E-state index in [1.807, 2.05) is 58.0 Å². The maximum atomic E-state index is 12.8. The van der Waals surface area contributed by atoms with Crippen molar-refractivity contribution < 1.29 is 18.8 Å². The molecular formula is C28H30BN3O4. The van der Waals surface area contributed by atoms with Gasteiger partial charge in [-0.05, 0) is 61.5 Å². The van der Waals surface area contributed by atoms with Crippen molar-refractivity contribution in [3.63, 3.8) is 0 Å². The number of carbonyl (C=O) groups is 1. The number of carbonyl (C=O) groups excluding carboxylic acids is 1. The predicted molar refractivity (Wildman–Crippen MR) is 139 cm³/mol. The van der Waals surface area contributed by atoms with Gasteiger partial charge in [-0.25, -0.2) is 4.79 Å². The summed E-state index contributed by atoms with van der Waals surface area (Å²) >= 11 is 0. The van der Waals surface area contributed by atoms with Crippen LogP contribution in [0.25, 0.3) is 17.2 Å². The number of alkyl carbamates (subject to hydrolysis) is 1. The monoisotopic (exact) mass is 483 g/mol. The molecule has 184 valence electrons. The number of aromatic nitrogens is 2. The standard InChI is InChI=1S/C28H30BN3O4/c1-27(2)28(3,4)36-29(35-27)19(15-20-17-30-13-14-31-20)16-32-26(33)34-18-25-23-11-7-5-9-21(23)22-10-6-8-12-24(22)25/h5-15,17,25H,16,18H2,1-4H3,(H,32,33). The van der Waals surface area contributed by atoms with Crippen LogP contribution in [0.2, 0.25) is 0 Å². The summed E-state index contributed by atoms with van der Waals surface area (Å²) < 4.78 is 18.1. The zero-order valence-electron chi connectivity index (χ0n) is 21.0. The normalized spacial score (nSPS) is 18.0. The van der Waals surface area contributed by atoms with E-state index >= 15 is 0 Å². The lowest BCUT2D eigenvalue weighted by Crippen LogP contribution is -2.41. The molecule has 1 fully saturated rings. The molecule has 0 saturated carbocycles. The van der Waals surface area contributed by atoms with Gasteiger partial charge in [0.15, 0.2) is 0 Å². The second-order valence-corrected chi connectivity index (χ2v) is 10.1. The lowest BCUT2D eigenvalue weighted by Gasteiger charge is -2.32. The zero-order valence-corrected chi connectivity index (χ0v) is 21.0. The molecule has 1 N–H and O–H groups in total. The summed E-state index contributed by atoms with van der Waals surface area (Å²) in [6.45, 7) is 8.40. The molecule has 0 unspecified atom stereocenters. The van der Waals surface area contributed by atoms with Gasteiger partial charge < -0.3 is 19.4 Å². The van der Waals surface area contributed by atoms with Gasteiger partial charge in [0.1, 0.15) is 6.61 Å². The number of nitrogens with one attached hydrogen (secondary N) is 1. The SMILES string of the molecule is CC1(C)OB(C(=Cc2cnccn2)CNC(=O)OCC2c3ccccc3-c3ccccc32)OC1(C)C. The molecule has 1 aliphatic heterocycles. The number of fused-ring (bicyclic) bond motifs is 3. The number of hydrogen-bond acceptors (Lipinski definition) is 6. The smallest absolute Gasteiger partial charge is 0.449 e. The van der Waals surface area contributed by atoms with Gasteiger partial charge in [-0.1, -0.05) is 48.5 Å². The Bertz CT molecular complexity index is 1230. The Kier molecular flexibility index (Phi) is 6.41. The summed E-state index contributed by atoms with van der Waals surface area (Å²) in [5, 5.41) is 2.87. The summed E-state index contributed by atoms with van der Waals surface area (Å²) in [7, 11) is -0.633. The van der Waals surface area contributed by atoms with Gasteiger partial charge in [0.2, 0.25) is 0 Å². The highest BCUT2D eigenvalue weighted by Gasteiger charge is 2.52. The third-order valence-electron chi connectivity index (χ3n) is 7.25. The fourth-order valence-electron chi connectivity index (χ4n) is 4.60. The first-order valence-electron chi connectivity index (χ1n) is 12.2. The van der Waals surface area contributed by atoms with Crippen LogP contribution in [0.5, 0.6) is 0 Å². The Hall–Kier alpha value is -3.49. The number of benzene rings is 2. The molecule has 2 aliphatic rings. The van der Waals surface area contributed by atoms with Crippen molar-refractivity contribution in [2.45, 2.75) is 44.8 Å². The first-order chi connectivity index (χ1) is 17.2. The fourth-order valence-corrected chi connectivity index (χ4v) is 4.60. The first kappa shape index (κ1) is 24.2. The van der Waals surface area contributed by atoms with E-state index in [4.69, 9.17) is 14.0 Å². The maximum Gasteiger partial charge on any atom is 0.492 e. The second kappa shape index (κ2) is 9.52. The Balaban J connectivity index is 1.28. The number of ether oxygens (including phenoxy) is 1. The lowest BCUT2D eigenvalue weighted by atomic mass is 9.77. The number of rotatable bonds is 6. The van der Waals surface area contributed by atoms with Crippen LogP contribution in [0.1, 0.15) is 50.4 Å². The molecule has 0 bridgehead atoms. The van der Waals surface area contributed by atoms with Crippen LogP contribution >= 0.6 is 0 Å². The van der Waals surface area contributed by atoms with E-state index in [0.29, 0.717) is 5.69 Å². The second-order valence-electron chi connectivity index (χ2n) is 10.1. The van der Waals surface area contributed by atoms with Crippen LogP contribution in [0, 0.1) is 0 Å². The van der Waals surface area contributed by atoms with Crippen molar-refractivity contribution in [2.75, 3.05) is 13.2 Å². The van der Waals surface area contributed by atoms with Crippen molar-refractivity contribution >= 4 is 19.3 Å². The van der Waals surface area contributed by atoms with E-state index in [-0.39, 0.29) is 19.1 Å². The van der Waals surface area contributed by atoms with Gasteiger partial charge in [0, 0.05) is 24.9 Å². The quantitative estimate of drug-likeness (QED) is 0.496. The van der Waals surface area contributed by atoms with Crippen LogP contribution in [-0.2, 0) is 14.0 Å². The topological polar surface area (TPSA) is 82.6 Å². The Morgan fingerprint density at radius 1 is 1.00 bits per heavy atom. The molecule has 3 aromatic rings. The minimum absolute atomic E-state index is 0.000790. The summed E-state index contributed by atoms with van der Waals surface area (Å²) in [5.41, 5.74) is 5.08. The predicted octanol–water partition coefficient (Wildman–Crippen LogP) is 5.03. The van der Waals surface area contributed by atoms with Gasteiger partial charge in [-0.3, -0.25) is 9.97 Å². The van der Waals surface area contributed by atoms with Crippen LogP contribution in [0.3, 0.4) is 0 Å². The molecule has 1 saturated heterocycles. The third kappa shape index (κ3) is 4.66. The molecule has 2 heterocycles. The highest BCUT2D eigenvalue weighted by molar-refractivity contribution is 6.56. The summed E-state index contributed by atoms with van der Waals surface area (Å²) in [6.07, 6.45) is 6.21. The van der Waals surface area contributed by atoms with Crippen LogP contribution in [0.4, 0.5) is 4.79 Å². The van der Waals surface area contributed by atoms with Crippen molar-refractivity contribution in [3.05, 3.63) is 89.4 Å². The molecule has 0 spiro atoms. The molecule has 36 heavy (non-hydrogen) atoms. The minimum atomic E-state index is -0.633. The Morgan fingerprint density at radius 2 is 1.61 bits per heavy atom. The third-order valence-corrected chi connectivity index (χ3v) is 7.25. The van der Waals surface area contributed by atoms with E-state index in [0.717, 1.165) is 5.47 Å². The molecule has 1 aliphatic carbocycles. The van der Waals surface area contributed by atoms with E-state index in [9.17, 15) is 4.79 Å². The molecular weight excluding hydrogens is 453 g/mol. The van der Waals surface area contributed by atoms with Gasteiger partial charge in [-0.2, -0.15) is 0 Å². The van der Waals surface area contributed by atoms with E-state index in [1.54, 1.807) is 18.6 Å². The van der Waals surface area contributed by atoms with Crippen molar-refractivity contribution in [3.8, 4) is 11.1 Å². The molecule has 5 rings (SSSR count). The average molecular weight is 483 g/mol. The first-order valence-corrected chi connectivity index (χ1v) is 12.2. The van der Waals surface area contributed by atoms with Crippen LogP contribution in [-0.4, -0.2) is 47.5 Å². The molecule has 0 radical (unpaired) electrons. The average Bonchev–Trinajstić information content (AvgIpc) is 3.30. The zero-order chi connectivity index (χ0) is 25.3. The number of amides is 1. The van der Waals surface area contributed by atoms with Gasteiger partial charge >= 0.3 is 13.2 Å². The van der Waals surface area contributed by atoms with E-state index in [2.05, 4.69) is 39.6 Å². The lowest BCUT2D eigenvalue weighted by molar-refractivity contribution is 0.00578. The van der Waals surface area contributed by atoms with Crippen molar-refractivity contribution in [2.24, 2.45) is 0 Å².